The summed E-state index contributed by atoms with van der Waals surface area (Å²) >= 11 is 1.55. The molecule has 1 aromatic carbocycles. The van der Waals surface area contributed by atoms with Gasteiger partial charge < -0.3 is 26.0 Å². The second-order valence-electron chi connectivity index (χ2n) is 12.6. The minimum atomic E-state index is -1.14. The second kappa shape index (κ2) is 11.1. The molecule has 0 amide bonds. The van der Waals surface area contributed by atoms with Crippen LogP contribution in [0.4, 0.5) is 11.8 Å². The van der Waals surface area contributed by atoms with Crippen molar-refractivity contribution in [2.45, 2.75) is 89.7 Å². The quantitative estimate of drug-likeness (QED) is 0.191. The van der Waals surface area contributed by atoms with Crippen molar-refractivity contribution in [2.24, 2.45) is 11.8 Å². The monoisotopic (exact) mass is 588 g/mol. The summed E-state index contributed by atoms with van der Waals surface area (Å²) in [4.78, 5) is 19.1. The van der Waals surface area contributed by atoms with Crippen molar-refractivity contribution >= 4 is 33.3 Å². The van der Waals surface area contributed by atoms with Gasteiger partial charge in [-0.15, -0.1) is 11.3 Å². The molecule has 6 rings (SSSR count). The molecule has 2 aliphatic rings. The SMILES string of the molecule is Cc1nc(N[C@H](C)C2CC(c3ccccc3)C2)nc(N[C@@H]2C[C@H](C(C)(C)O)[C@@H](O)[C@H]2O)c1-c1nc2c(C)nccc2s1. The van der Waals surface area contributed by atoms with Gasteiger partial charge in [0.1, 0.15) is 22.4 Å². The summed E-state index contributed by atoms with van der Waals surface area (Å²) in [6.07, 6.45) is 2.28. The third-order valence-electron chi connectivity index (χ3n) is 9.22. The van der Waals surface area contributed by atoms with Gasteiger partial charge in [0.25, 0.3) is 0 Å². The number of aliphatic hydroxyl groups is 3. The van der Waals surface area contributed by atoms with Gasteiger partial charge in [0.05, 0.1) is 39.4 Å². The van der Waals surface area contributed by atoms with Crippen molar-refractivity contribution in [3.8, 4) is 10.6 Å². The molecular weight excluding hydrogens is 548 g/mol. The van der Waals surface area contributed by atoms with E-state index in [0.717, 1.165) is 45.0 Å². The molecule has 0 radical (unpaired) electrons. The standard InChI is InChI=1S/C32H40N6O3S/c1-16(20-13-21(14-20)19-9-7-6-8-10-19)34-31-35-17(2)25(30-37-26-18(3)33-12-11-24(26)42-30)29(38-31)36-23-15-22(32(4,5)41)27(39)28(23)40/h6-12,16,20-23,27-28,39-41H,13-15H2,1-5H3,(H2,34,35,36,38)/t16-,20?,21?,22+,23-,27-,28+/m1/s1. The molecule has 0 saturated heterocycles. The first-order chi connectivity index (χ1) is 20.0. The molecule has 10 heteroatoms. The summed E-state index contributed by atoms with van der Waals surface area (Å²) in [5.41, 5.74) is 3.47. The van der Waals surface area contributed by atoms with Crippen molar-refractivity contribution in [1.29, 1.82) is 0 Å². The first kappa shape index (κ1) is 28.9. The van der Waals surface area contributed by atoms with Crippen LogP contribution in [0.1, 0.15) is 62.9 Å². The fraction of sp³-hybridized carbons (Fsp3) is 0.500. The fourth-order valence-electron chi connectivity index (χ4n) is 6.53. The van der Waals surface area contributed by atoms with Crippen LogP contribution in [0.5, 0.6) is 0 Å². The number of thiazole rings is 1. The Morgan fingerprint density at radius 1 is 0.952 bits per heavy atom. The highest BCUT2D eigenvalue weighted by Gasteiger charge is 2.48. The minimum Gasteiger partial charge on any atom is -0.390 e. The maximum absolute atomic E-state index is 11.0. The van der Waals surface area contributed by atoms with Crippen LogP contribution in [-0.2, 0) is 0 Å². The Morgan fingerprint density at radius 2 is 1.69 bits per heavy atom. The highest BCUT2D eigenvalue weighted by Crippen LogP contribution is 2.44. The maximum atomic E-state index is 11.0. The maximum Gasteiger partial charge on any atom is 0.225 e. The third kappa shape index (κ3) is 5.48. The number of nitrogens with one attached hydrogen (secondary N) is 2. The van der Waals surface area contributed by atoms with Crippen molar-refractivity contribution in [2.75, 3.05) is 10.6 Å². The zero-order valence-corrected chi connectivity index (χ0v) is 25.6. The van der Waals surface area contributed by atoms with Crippen LogP contribution in [0.3, 0.4) is 0 Å². The van der Waals surface area contributed by atoms with Crippen LogP contribution in [0, 0.1) is 25.7 Å². The fourth-order valence-corrected chi connectivity index (χ4v) is 7.64. The van der Waals surface area contributed by atoms with E-state index in [2.05, 4.69) is 52.9 Å². The molecule has 2 saturated carbocycles. The van der Waals surface area contributed by atoms with Crippen molar-refractivity contribution in [1.82, 2.24) is 19.9 Å². The molecule has 0 aliphatic heterocycles. The minimum absolute atomic E-state index is 0.178. The van der Waals surface area contributed by atoms with Crippen molar-refractivity contribution in [3.63, 3.8) is 0 Å². The topological polar surface area (TPSA) is 136 Å². The number of aromatic nitrogens is 4. The Bertz CT molecular complexity index is 1570. The van der Waals surface area contributed by atoms with E-state index in [1.54, 1.807) is 31.4 Å². The van der Waals surface area contributed by atoms with Gasteiger partial charge >= 0.3 is 0 Å². The van der Waals surface area contributed by atoms with Crippen LogP contribution in [0.15, 0.2) is 42.6 Å². The van der Waals surface area contributed by atoms with Gasteiger partial charge in [0.2, 0.25) is 5.95 Å². The summed E-state index contributed by atoms with van der Waals surface area (Å²) < 4.78 is 1.02. The predicted molar refractivity (Wildman–Crippen MR) is 167 cm³/mol. The van der Waals surface area contributed by atoms with Gasteiger partial charge in [0.15, 0.2) is 0 Å². The zero-order chi connectivity index (χ0) is 29.8. The molecule has 222 valence electrons. The molecule has 2 fully saturated rings. The lowest BCUT2D eigenvalue weighted by Crippen LogP contribution is -2.40. The number of aryl methyl sites for hydroxylation is 2. The first-order valence-corrected chi connectivity index (χ1v) is 15.6. The van der Waals surface area contributed by atoms with E-state index < -0.39 is 29.8 Å². The summed E-state index contributed by atoms with van der Waals surface area (Å²) in [6, 6.07) is 12.3. The van der Waals surface area contributed by atoms with Gasteiger partial charge in [-0.2, -0.15) is 4.98 Å². The third-order valence-corrected chi connectivity index (χ3v) is 10.3. The number of anilines is 2. The van der Waals surface area contributed by atoms with Crippen LogP contribution in [0.2, 0.25) is 0 Å². The molecule has 42 heavy (non-hydrogen) atoms. The Labute approximate surface area is 250 Å². The molecule has 0 unspecified atom stereocenters. The van der Waals surface area contributed by atoms with E-state index >= 15 is 0 Å². The van der Waals surface area contributed by atoms with E-state index in [9.17, 15) is 15.3 Å². The van der Waals surface area contributed by atoms with E-state index in [1.165, 1.54) is 5.56 Å². The van der Waals surface area contributed by atoms with Crippen LogP contribution in [0.25, 0.3) is 20.8 Å². The summed E-state index contributed by atoms with van der Waals surface area (Å²) in [5.74, 6) is 1.67. The number of pyridine rings is 1. The molecule has 0 bridgehead atoms. The first-order valence-electron chi connectivity index (χ1n) is 14.8. The number of benzene rings is 1. The molecule has 5 atom stereocenters. The average molecular weight is 589 g/mol. The van der Waals surface area contributed by atoms with Gasteiger partial charge in [-0.25, -0.2) is 9.97 Å². The van der Waals surface area contributed by atoms with E-state index in [0.29, 0.717) is 30.0 Å². The lowest BCUT2D eigenvalue weighted by atomic mass is 9.68. The van der Waals surface area contributed by atoms with Gasteiger partial charge in [0, 0.05) is 18.2 Å². The van der Waals surface area contributed by atoms with Crippen LogP contribution >= 0.6 is 11.3 Å². The number of nitrogens with zero attached hydrogens (tertiary/aromatic N) is 4. The molecule has 4 aromatic rings. The van der Waals surface area contributed by atoms with Gasteiger partial charge in [-0.1, -0.05) is 30.3 Å². The summed E-state index contributed by atoms with van der Waals surface area (Å²) in [5, 5.41) is 40.1. The molecule has 2 aliphatic carbocycles. The molecule has 0 spiro atoms. The smallest absolute Gasteiger partial charge is 0.225 e. The van der Waals surface area contributed by atoms with E-state index in [-0.39, 0.29) is 6.04 Å². The Balaban J connectivity index is 1.30. The van der Waals surface area contributed by atoms with Crippen LogP contribution in [-0.4, -0.2) is 65.1 Å². The van der Waals surface area contributed by atoms with Gasteiger partial charge in [-0.05, 0) is 77.3 Å². The predicted octanol–water partition coefficient (Wildman–Crippen LogP) is 5.05. The van der Waals surface area contributed by atoms with Crippen molar-refractivity contribution in [3.05, 3.63) is 59.5 Å². The summed E-state index contributed by atoms with van der Waals surface area (Å²) in [6.45, 7) is 9.40. The molecular formula is C32H40N6O3S. The van der Waals surface area contributed by atoms with Crippen LogP contribution < -0.4 is 10.6 Å². The Kier molecular flexibility index (Phi) is 7.67. The lowest BCUT2D eigenvalue weighted by Gasteiger charge is -2.39. The number of aliphatic hydroxyl groups excluding tert-OH is 2. The number of hydrogen-bond acceptors (Lipinski definition) is 10. The Morgan fingerprint density at radius 3 is 2.36 bits per heavy atom. The number of rotatable bonds is 8. The van der Waals surface area contributed by atoms with Crippen molar-refractivity contribution < 1.29 is 15.3 Å². The normalized spacial score (nSPS) is 26.7. The number of fused-ring (bicyclic) bond motifs is 1. The highest BCUT2D eigenvalue weighted by molar-refractivity contribution is 7.21. The van der Waals surface area contributed by atoms with Gasteiger partial charge in [-0.3, -0.25) is 4.98 Å². The zero-order valence-electron chi connectivity index (χ0n) is 24.7. The lowest BCUT2D eigenvalue weighted by molar-refractivity contribution is -0.0601. The molecule has 3 aromatic heterocycles. The van der Waals surface area contributed by atoms with E-state index in [4.69, 9.17) is 15.0 Å². The molecule has 5 N–H and O–H groups in total. The Hall–Kier alpha value is -3.18. The van der Waals surface area contributed by atoms with E-state index in [1.807, 2.05) is 19.9 Å². The molecule has 3 heterocycles. The number of hydrogen-bond donors (Lipinski definition) is 5. The highest BCUT2D eigenvalue weighted by atomic mass is 32.1. The largest absolute Gasteiger partial charge is 0.390 e. The summed E-state index contributed by atoms with van der Waals surface area (Å²) in [7, 11) is 0. The second-order valence-corrected chi connectivity index (χ2v) is 13.6. The molecule has 9 nitrogen and oxygen atoms in total. The average Bonchev–Trinajstić information content (AvgIpc) is 3.46.